The van der Waals surface area contributed by atoms with Crippen molar-refractivity contribution in [1.82, 2.24) is 113 Å². The van der Waals surface area contributed by atoms with Crippen LogP contribution in [-0.4, -0.2) is 298 Å². The zero-order valence-electron chi connectivity index (χ0n) is 67.6. The molecule has 10 saturated heterocycles. The van der Waals surface area contributed by atoms with E-state index in [1.165, 1.54) is 58.8 Å². The minimum Gasteiger partial charge on any atom is -0.397 e. The summed E-state index contributed by atoms with van der Waals surface area (Å²) in [6.45, 7) is -25.8. The molecule has 0 radical (unpaired) electrons. The van der Waals surface area contributed by atoms with Gasteiger partial charge in [-0.3, -0.25) is 79.3 Å². The number of nitrogens with zero attached hydrogens (tertiary/aromatic N) is 20. The van der Waals surface area contributed by atoms with Crippen molar-refractivity contribution in [3.8, 4) is 0 Å². The number of phosphoric ester groups is 1. The molecule has 730 valence electrons. The highest BCUT2D eigenvalue weighted by molar-refractivity contribution is 8.08. The second kappa shape index (κ2) is 35.7. The first-order valence-corrected chi connectivity index (χ1v) is 53.8. The highest BCUT2D eigenvalue weighted by Gasteiger charge is 2.66. The predicted molar refractivity (Wildman–Crippen MR) is 463 cm³/mol. The number of aromatic nitrogens is 23. The van der Waals surface area contributed by atoms with Crippen molar-refractivity contribution in [2.24, 2.45) is 0 Å². The quantitative estimate of drug-likeness (QED) is 0.0734. The zero-order valence-corrected chi connectivity index (χ0v) is 77.0. The van der Waals surface area contributed by atoms with Gasteiger partial charge >= 0.3 is 41.4 Å². The smallest absolute Gasteiger partial charge is 0.397 e. The molecule has 10 aliphatic rings. The lowest BCUT2D eigenvalue weighted by atomic mass is 10.0. The lowest BCUT2D eigenvalue weighted by molar-refractivity contribution is -0.183. The van der Waals surface area contributed by atoms with Gasteiger partial charge in [0.2, 0.25) is 17.8 Å². The van der Waals surface area contributed by atoms with E-state index in [0.717, 1.165) is 20.3 Å². The maximum absolute atomic E-state index is 16.0. The number of hydrogen-bond acceptors (Lipinski definition) is 48. The van der Waals surface area contributed by atoms with Gasteiger partial charge in [-0.05, 0) is 77.2 Å². The molecule has 58 nitrogen and oxygen atoms in total. The van der Waals surface area contributed by atoms with Crippen molar-refractivity contribution in [1.29, 1.82) is 0 Å². The highest BCUT2D eigenvalue weighted by Crippen LogP contribution is 2.62. The van der Waals surface area contributed by atoms with Crippen LogP contribution in [0.2, 0.25) is 0 Å². The Balaban J connectivity index is 0.000000126. The van der Waals surface area contributed by atoms with Crippen LogP contribution in [0, 0.1) is 0 Å². The van der Waals surface area contributed by atoms with E-state index in [0.29, 0.717) is 16.9 Å². The van der Waals surface area contributed by atoms with Crippen LogP contribution in [-0.2, 0) is 151 Å². The summed E-state index contributed by atoms with van der Waals surface area (Å²) < 4.78 is 207. The lowest BCUT2D eigenvalue weighted by Crippen LogP contribution is -2.45. The molecule has 6 unspecified atom stereocenters. The fraction of sp³-hybridized carbons (Fsp3) is 0.500. The molecule has 21 N–H and O–H groups in total. The summed E-state index contributed by atoms with van der Waals surface area (Å²) in [5.74, 6) is -0.824. The summed E-state index contributed by atoms with van der Waals surface area (Å²) in [5.41, 5.74) is 32.7. The molecule has 74 heteroatoms. The number of pyridine rings is 3. The fourth-order valence-electron chi connectivity index (χ4n) is 16.4. The molecule has 10 aliphatic heterocycles. The monoisotopic (exact) mass is 2120 g/mol. The highest BCUT2D eigenvalue weighted by atomic mass is 32.5. The lowest BCUT2D eigenvalue weighted by Gasteiger charge is -2.33. The van der Waals surface area contributed by atoms with Gasteiger partial charge in [-0.15, -0.1) is 10.2 Å². The summed E-state index contributed by atoms with van der Waals surface area (Å²) >= 11 is 26.0. The van der Waals surface area contributed by atoms with Gasteiger partial charge in [0.25, 0.3) is 16.7 Å². The third kappa shape index (κ3) is 17.8. The van der Waals surface area contributed by atoms with Crippen LogP contribution in [0.3, 0.4) is 0 Å². The largest absolute Gasteiger partial charge is 0.472 e. The van der Waals surface area contributed by atoms with Crippen molar-refractivity contribution >= 4 is 202 Å². The maximum atomic E-state index is 16.0. The topological polar surface area (TPSA) is 779 Å². The van der Waals surface area contributed by atoms with Crippen molar-refractivity contribution in [2.75, 3.05) is 80.7 Å². The number of H-pyrrole nitrogens is 3. The molecule has 12 aromatic heterocycles. The molecule has 22 heterocycles. The number of anilines is 6. The van der Waals surface area contributed by atoms with E-state index in [4.69, 9.17) is 181 Å². The molecular formula is C62H68F5N29O29P6S5. The standard InChI is InChI=1S/C22H24FN9O10P2S2.C20H22F2N10O10P2S.C20H22F2N10O9P2S2/c23-10-9-3-37-43(34,45)42-15-14-20(31-6-27-11-8(24)1-2-26-16(11)31)40-22(15,4-36-14)5-38-44(35,46)41-13(10)19(39-9)32-7-28-12-17(32)29-21(25)30-18(12)33;21-9-7-3-38-44(36,45)42-13-8(40-18(10(13)22)31-5-26-11-6(23)1-2-25-15(11)31)4-37-43(34,35)41-14(9)19(39-7)32-16-12(29-30-32)17(33)28-20(24)27-16;21-9-7-3-36-42(34,44)40-13-8(39-18(10(13)22)32-15-11(29-30-32)6(23)1-2-25-15)4-37-43(35,45)41-14(9)19(38-7)31-5-26-12-16(31)27-20(24)28-17(12)33/h1-2,6-7,9-10,13-15,19-20H,3-5H2,(H2,24,26)(H,34,45)(H,35,46)(H3,25,29,30,33);1-2,5,7-10,13-14,18-19H,3-4H2,(H2,23,25)(H,34,35)(H,36,45)(H3,24,27,28,33);1-2,5,7-10,13-14,18-19H,3-4H2,(H2,23,25)(H,34,44)(H,35,45)(H3,24,27,28,33)/t9-,10+,13-,14-,15+,19-,20-,22-,43?,44?;7-,8-,9+,10+,13-,14-,18-,19-,44?;7-,8-,9-,10+,13-,14-,18-,19-,42?,43?/m111/s1. The Labute approximate surface area is 775 Å². The first-order valence-electron chi connectivity index (χ1n) is 39.3. The van der Waals surface area contributed by atoms with E-state index in [1.807, 2.05) is 0 Å². The molecule has 0 aromatic carbocycles. The van der Waals surface area contributed by atoms with Gasteiger partial charge in [-0.2, -0.15) is 24.3 Å². The molecular weight excluding hydrogens is 2060 g/mol. The van der Waals surface area contributed by atoms with E-state index in [2.05, 4.69) is 85.4 Å². The van der Waals surface area contributed by atoms with E-state index >= 15 is 22.0 Å². The zero-order chi connectivity index (χ0) is 95.8. The van der Waals surface area contributed by atoms with Crippen molar-refractivity contribution in [2.45, 2.75) is 147 Å². The Morgan fingerprint density at radius 1 is 0.375 bits per heavy atom. The third-order valence-electron chi connectivity index (χ3n) is 22.5. The van der Waals surface area contributed by atoms with Gasteiger partial charge < -0.3 is 120 Å². The Hall–Kier alpha value is -8.30. The SMILES string of the molecule is Nc1nc2c(ncn2[C@@H]2O[C@@H]3COP(O)(=S)O[C@H]4[C@H](F)[C@H](n5nnc6c(N)ccnc65)O[C@@H]4COP(O)(=S)O[C@@H]2[C@@H]3F)c(=O)[nH]1.Nc1nc2c(ncn2[C@@H]2O[C@@H]3COP(O)(=S)O[C@H]4[C@H]5OC[C@]4(COP(O)(=S)O[C@@H]2[C@H]3F)O[C@H]5n2cnc3c(N)ccnc32)c(=O)[nH]1.Nc1nc2c(nnn2[C@@H]2O[C@@H]3COP(O)(=S)O[C@H]4[C@H](F)[C@H](n5cnc6c(N)ccnc65)O[C@@H]4COP(=O)(O)O[C@@H]2[C@H]3F)c(=O)[nH]1. The Morgan fingerprint density at radius 3 is 1.25 bits per heavy atom. The molecule has 0 spiro atoms. The minimum atomic E-state index is -5.20. The van der Waals surface area contributed by atoms with E-state index in [-0.39, 0.29) is 91.6 Å². The first kappa shape index (κ1) is 95.3. The predicted octanol–water partition coefficient (Wildman–Crippen LogP) is -0.543. The number of nitrogens with two attached hydrogens (primary N) is 6. The van der Waals surface area contributed by atoms with Gasteiger partial charge in [0.1, 0.15) is 89.9 Å². The Kier molecular flexibility index (Phi) is 25.0. The summed E-state index contributed by atoms with van der Waals surface area (Å²) in [6, 6.07) is 4.57. The molecule has 30 atom stereocenters. The fourth-order valence-corrected chi connectivity index (χ4v) is 24.5. The van der Waals surface area contributed by atoms with Gasteiger partial charge in [0.05, 0.1) is 88.6 Å². The molecule has 22 rings (SSSR count). The minimum absolute atomic E-state index is 0.0537. The number of rotatable bonds is 6. The van der Waals surface area contributed by atoms with Gasteiger partial charge in [-0.25, -0.2) is 61.4 Å². The normalized spacial score (nSPS) is 38.4. The number of alkyl halides is 5. The number of hydrogen-bond donors (Lipinski definition) is 15. The Morgan fingerprint density at radius 2 is 0.743 bits per heavy atom. The number of ether oxygens (including phenoxy) is 7. The van der Waals surface area contributed by atoms with Crippen LogP contribution in [0.25, 0.3) is 67.0 Å². The number of nitrogens with one attached hydrogen (secondary N) is 3. The molecule has 10 fully saturated rings. The third-order valence-corrected chi connectivity index (χ3v) is 31.3. The molecule has 12 aromatic rings. The summed E-state index contributed by atoms with van der Waals surface area (Å²) in [7, 11) is -5.20. The van der Waals surface area contributed by atoms with E-state index < -0.39 is 245 Å². The van der Waals surface area contributed by atoms with Crippen LogP contribution < -0.4 is 51.1 Å². The maximum Gasteiger partial charge on any atom is 0.472 e. The van der Waals surface area contributed by atoms with Crippen LogP contribution >= 0.6 is 41.4 Å². The van der Waals surface area contributed by atoms with Gasteiger partial charge in [-0.1, -0.05) is 10.4 Å². The van der Waals surface area contributed by atoms with Crippen LogP contribution in [0.1, 0.15) is 37.4 Å². The number of halogens is 5. The second-order valence-corrected chi connectivity index (χ2v) is 46.5. The van der Waals surface area contributed by atoms with Crippen molar-refractivity contribution in [3.05, 3.63) is 93.2 Å². The average molecular weight is 2120 g/mol. The average Bonchev–Trinajstić information content (AvgIpc) is 1.55. The van der Waals surface area contributed by atoms with Gasteiger partial charge in [0, 0.05) is 18.6 Å². The van der Waals surface area contributed by atoms with Crippen LogP contribution in [0.4, 0.5) is 56.9 Å². The Bertz CT molecular complexity index is 6980. The first-order chi connectivity index (χ1) is 64.5. The van der Waals surface area contributed by atoms with E-state index in [9.17, 15) is 48.3 Å². The number of fused-ring (bicyclic) bond motifs is 14. The van der Waals surface area contributed by atoms with Gasteiger partial charge in [0.15, 0.2) is 124 Å². The molecule has 0 aliphatic carbocycles. The number of phosphoric acid groups is 1. The second-order valence-electron chi connectivity index (χ2n) is 31.1. The molecule has 0 amide bonds. The molecule has 8 bridgehead atoms. The van der Waals surface area contributed by atoms with Crippen molar-refractivity contribution < 1.29 is 143 Å². The molecule has 0 saturated carbocycles. The number of imidazole rings is 4. The summed E-state index contributed by atoms with van der Waals surface area (Å²) in [4.78, 5) is 151. The van der Waals surface area contributed by atoms with E-state index in [1.54, 1.807) is 10.6 Å². The van der Waals surface area contributed by atoms with Crippen LogP contribution in [0.5, 0.6) is 0 Å². The van der Waals surface area contributed by atoms with Crippen LogP contribution in [0.15, 0.2) is 76.5 Å². The summed E-state index contributed by atoms with van der Waals surface area (Å²) in [6.07, 6.45) is -27.8. The van der Waals surface area contributed by atoms with Crippen molar-refractivity contribution in [3.63, 3.8) is 0 Å². The number of nitrogen functional groups attached to an aromatic ring is 6. The number of aromatic amines is 3. The molecule has 136 heavy (non-hydrogen) atoms. The summed E-state index contributed by atoms with van der Waals surface area (Å²) in [5, 5.41) is 15.3.